The van der Waals surface area contributed by atoms with Crippen molar-refractivity contribution in [1.29, 1.82) is 0 Å². The molecule has 0 spiro atoms. The van der Waals surface area contributed by atoms with E-state index in [0.717, 1.165) is 10.6 Å². The summed E-state index contributed by atoms with van der Waals surface area (Å²) in [6.45, 7) is -0.309. The van der Waals surface area contributed by atoms with E-state index in [9.17, 15) is 22.4 Å². The minimum absolute atomic E-state index is 0.0456. The zero-order valence-electron chi connectivity index (χ0n) is 11.9. The first-order chi connectivity index (χ1) is 11.3. The van der Waals surface area contributed by atoms with E-state index in [1.54, 1.807) is 0 Å². The Bertz CT molecular complexity index is 913. The van der Waals surface area contributed by atoms with Crippen LogP contribution in [-0.2, 0) is 12.7 Å². The second kappa shape index (κ2) is 5.91. The third kappa shape index (κ3) is 3.34. The van der Waals surface area contributed by atoms with Gasteiger partial charge in [-0.1, -0.05) is 5.16 Å². The van der Waals surface area contributed by atoms with Crippen LogP contribution in [0.5, 0.6) is 0 Å². The lowest BCUT2D eigenvalue weighted by atomic mass is 10.2. The number of alkyl halides is 3. The van der Waals surface area contributed by atoms with Gasteiger partial charge >= 0.3 is 6.18 Å². The second-order valence-electron chi connectivity index (χ2n) is 4.90. The first kappa shape index (κ1) is 15.9. The normalized spacial score (nSPS) is 11.7. The molecule has 0 bridgehead atoms. The molecule has 3 aromatic rings. The van der Waals surface area contributed by atoms with Gasteiger partial charge < -0.3 is 9.09 Å². The highest BCUT2D eigenvalue weighted by Crippen LogP contribution is 2.28. The SMILES string of the molecule is O=c1ccc(C(F)(F)F)cn1Cc1nc(-c2ccc(F)cc2)no1. The lowest BCUT2D eigenvalue weighted by Gasteiger charge is -2.08. The van der Waals surface area contributed by atoms with Gasteiger partial charge in [0.05, 0.1) is 5.56 Å². The number of hydrogen-bond acceptors (Lipinski definition) is 4. The van der Waals surface area contributed by atoms with Gasteiger partial charge in [-0.05, 0) is 30.3 Å². The zero-order valence-corrected chi connectivity index (χ0v) is 11.9. The zero-order chi connectivity index (χ0) is 17.3. The van der Waals surface area contributed by atoms with E-state index >= 15 is 0 Å². The van der Waals surface area contributed by atoms with E-state index in [0.29, 0.717) is 17.8 Å². The Morgan fingerprint density at radius 3 is 2.46 bits per heavy atom. The molecule has 0 saturated carbocycles. The maximum absolute atomic E-state index is 12.9. The highest BCUT2D eigenvalue weighted by atomic mass is 19.4. The highest BCUT2D eigenvalue weighted by Gasteiger charge is 2.31. The largest absolute Gasteiger partial charge is 0.417 e. The molecule has 0 aliphatic heterocycles. The average Bonchev–Trinajstić information content (AvgIpc) is 2.97. The summed E-state index contributed by atoms with van der Waals surface area (Å²) in [5.74, 6) is -0.334. The molecule has 9 heteroatoms. The van der Waals surface area contributed by atoms with Crippen molar-refractivity contribution < 1.29 is 22.1 Å². The van der Waals surface area contributed by atoms with Crippen molar-refractivity contribution in [3.05, 3.63) is 70.2 Å². The van der Waals surface area contributed by atoms with Gasteiger partial charge in [0.15, 0.2) is 0 Å². The quantitative estimate of drug-likeness (QED) is 0.688. The topological polar surface area (TPSA) is 60.9 Å². The van der Waals surface area contributed by atoms with Crippen LogP contribution in [0.15, 0.2) is 51.9 Å². The maximum atomic E-state index is 12.9. The number of hydrogen-bond donors (Lipinski definition) is 0. The van der Waals surface area contributed by atoms with Gasteiger partial charge in [-0.25, -0.2) is 4.39 Å². The van der Waals surface area contributed by atoms with Gasteiger partial charge in [-0.2, -0.15) is 18.2 Å². The monoisotopic (exact) mass is 339 g/mol. The molecule has 2 heterocycles. The lowest BCUT2D eigenvalue weighted by Crippen LogP contribution is -2.22. The van der Waals surface area contributed by atoms with Crippen molar-refractivity contribution in [2.75, 3.05) is 0 Å². The molecule has 2 aromatic heterocycles. The van der Waals surface area contributed by atoms with Crippen LogP contribution in [0.2, 0.25) is 0 Å². The molecule has 5 nitrogen and oxygen atoms in total. The van der Waals surface area contributed by atoms with Gasteiger partial charge in [0.1, 0.15) is 12.4 Å². The van der Waals surface area contributed by atoms with Crippen molar-refractivity contribution in [1.82, 2.24) is 14.7 Å². The molecule has 0 unspecified atom stereocenters. The summed E-state index contributed by atoms with van der Waals surface area (Å²) in [7, 11) is 0. The predicted octanol–water partition coefficient (Wildman–Crippen LogP) is 3.10. The van der Waals surface area contributed by atoms with Crippen LogP contribution in [0.4, 0.5) is 17.6 Å². The molecule has 0 aliphatic rings. The van der Waals surface area contributed by atoms with E-state index in [1.165, 1.54) is 24.3 Å². The number of aromatic nitrogens is 3. The fourth-order valence-corrected chi connectivity index (χ4v) is 2.00. The third-order valence-electron chi connectivity index (χ3n) is 3.19. The molecule has 0 fully saturated rings. The van der Waals surface area contributed by atoms with E-state index in [-0.39, 0.29) is 18.3 Å². The summed E-state index contributed by atoms with van der Waals surface area (Å²) in [6.07, 6.45) is -3.88. The first-order valence-electron chi connectivity index (χ1n) is 6.69. The standard InChI is InChI=1S/C15H9F4N3O2/c16-11-4-1-9(2-5-11)14-20-12(24-21-14)8-22-7-10(15(17,18)19)3-6-13(22)23/h1-7H,8H2. The Morgan fingerprint density at radius 2 is 1.79 bits per heavy atom. The Hall–Kier alpha value is -2.97. The maximum Gasteiger partial charge on any atom is 0.417 e. The van der Waals surface area contributed by atoms with Crippen LogP contribution >= 0.6 is 0 Å². The van der Waals surface area contributed by atoms with E-state index in [2.05, 4.69) is 10.1 Å². The molecule has 0 atom stereocenters. The summed E-state index contributed by atoms with van der Waals surface area (Å²) in [6, 6.07) is 6.81. The van der Waals surface area contributed by atoms with Crippen LogP contribution in [0.3, 0.4) is 0 Å². The third-order valence-corrected chi connectivity index (χ3v) is 3.19. The predicted molar refractivity (Wildman–Crippen MR) is 74.5 cm³/mol. The Morgan fingerprint density at radius 1 is 1.08 bits per heavy atom. The molecule has 0 amide bonds. The van der Waals surface area contributed by atoms with E-state index in [4.69, 9.17) is 4.52 Å². The molecule has 24 heavy (non-hydrogen) atoms. The smallest absolute Gasteiger partial charge is 0.337 e. The average molecular weight is 339 g/mol. The lowest BCUT2D eigenvalue weighted by molar-refractivity contribution is -0.138. The summed E-state index contributed by atoms with van der Waals surface area (Å²) < 4.78 is 56.7. The molecule has 3 rings (SSSR count). The minimum Gasteiger partial charge on any atom is -0.337 e. The number of halogens is 4. The first-order valence-corrected chi connectivity index (χ1v) is 6.69. The highest BCUT2D eigenvalue weighted by molar-refractivity contribution is 5.53. The summed E-state index contributed by atoms with van der Waals surface area (Å²) >= 11 is 0. The van der Waals surface area contributed by atoms with Crippen LogP contribution in [0, 0.1) is 5.82 Å². The molecule has 0 radical (unpaired) electrons. The number of nitrogens with zero attached hydrogens (tertiary/aromatic N) is 3. The van der Waals surface area contributed by atoms with Crippen molar-refractivity contribution in [3.8, 4) is 11.4 Å². The number of rotatable bonds is 3. The molecule has 0 aliphatic carbocycles. The van der Waals surface area contributed by atoms with Crippen molar-refractivity contribution >= 4 is 0 Å². The Kier molecular flexibility index (Phi) is 3.92. The van der Waals surface area contributed by atoms with Gasteiger partial charge in [0, 0.05) is 17.8 Å². The van der Waals surface area contributed by atoms with Crippen molar-refractivity contribution in [2.45, 2.75) is 12.7 Å². The van der Waals surface area contributed by atoms with Crippen LogP contribution in [0.25, 0.3) is 11.4 Å². The molecule has 1 aromatic carbocycles. The van der Waals surface area contributed by atoms with Crippen molar-refractivity contribution in [2.24, 2.45) is 0 Å². The molecular weight excluding hydrogens is 330 g/mol. The molecular formula is C15H9F4N3O2. The van der Waals surface area contributed by atoms with Crippen LogP contribution in [0.1, 0.15) is 11.5 Å². The number of pyridine rings is 1. The fraction of sp³-hybridized carbons (Fsp3) is 0.133. The molecule has 0 N–H and O–H groups in total. The van der Waals surface area contributed by atoms with Crippen molar-refractivity contribution in [3.63, 3.8) is 0 Å². The molecule has 0 saturated heterocycles. The van der Waals surface area contributed by atoms with Gasteiger partial charge in [-0.15, -0.1) is 0 Å². The minimum atomic E-state index is -4.57. The van der Waals surface area contributed by atoms with Gasteiger partial charge in [0.2, 0.25) is 11.7 Å². The number of benzene rings is 1. The van der Waals surface area contributed by atoms with Gasteiger partial charge in [-0.3, -0.25) is 4.79 Å². The van der Waals surface area contributed by atoms with Crippen LogP contribution < -0.4 is 5.56 Å². The second-order valence-corrected chi connectivity index (χ2v) is 4.90. The summed E-state index contributed by atoms with van der Waals surface area (Å²) in [5.41, 5.74) is -1.12. The molecule has 124 valence electrons. The summed E-state index contributed by atoms with van der Waals surface area (Å²) in [4.78, 5) is 15.7. The van der Waals surface area contributed by atoms with E-state index in [1.807, 2.05) is 0 Å². The van der Waals surface area contributed by atoms with Crippen LogP contribution in [-0.4, -0.2) is 14.7 Å². The Labute approximate surface area is 132 Å². The summed E-state index contributed by atoms with van der Waals surface area (Å²) in [5, 5.41) is 3.67. The van der Waals surface area contributed by atoms with E-state index < -0.39 is 23.1 Å². The Balaban J connectivity index is 1.87. The fourth-order valence-electron chi connectivity index (χ4n) is 2.00. The van der Waals surface area contributed by atoms with Gasteiger partial charge in [0.25, 0.3) is 5.56 Å².